The number of H-pyrrole nitrogens is 1. The number of amides is 1. The Morgan fingerprint density at radius 3 is 2.76 bits per heavy atom. The van der Waals surface area contributed by atoms with Crippen LogP contribution in [0.5, 0.6) is 5.88 Å². The molecule has 9 heteroatoms. The summed E-state index contributed by atoms with van der Waals surface area (Å²) < 4.78 is 0. The monoisotopic (exact) mass is 395 g/mol. The lowest BCUT2D eigenvalue weighted by atomic mass is 10.1. The fourth-order valence-electron chi connectivity index (χ4n) is 3.74. The lowest BCUT2D eigenvalue weighted by molar-refractivity contribution is -0.384. The Bertz CT molecular complexity index is 1090. The Kier molecular flexibility index (Phi) is 4.67. The van der Waals surface area contributed by atoms with Crippen LogP contribution in [-0.4, -0.2) is 68.9 Å². The molecule has 2 aromatic heterocycles. The van der Waals surface area contributed by atoms with Gasteiger partial charge in [-0.05, 0) is 38.7 Å². The van der Waals surface area contributed by atoms with Crippen LogP contribution in [0.25, 0.3) is 22.2 Å². The van der Waals surface area contributed by atoms with Crippen LogP contribution >= 0.6 is 0 Å². The molecule has 1 fully saturated rings. The van der Waals surface area contributed by atoms with Crippen molar-refractivity contribution in [1.82, 2.24) is 19.8 Å². The summed E-state index contributed by atoms with van der Waals surface area (Å²) in [4.78, 5) is 34.4. The van der Waals surface area contributed by atoms with Crippen molar-refractivity contribution >= 4 is 22.5 Å². The number of non-ortho nitro benzene ring substituents is 1. The highest BCUT2D eigenvalue weighted by Gasteiger charge is 2.28. The van der Waals surface area contributed by atoms with E-state index in [-0.39, 0.29) is 17.5 Å². The van der Waals surface area contributed by atoms with E-state index in [1.165, 1.54) is 18.3 Å². The van der Waals surface area contributed by atoms with E-state index >= 15 is 0 Å². The van der Waals surface area contributed by atoms with E-state index in [2.05, 4.69) is 14.9 Å². The summed E-state index contributed by atoms with van der Waals surface area (Å²) >= 11 is 0. The third kappa shape index (κ3) is 3.40. The molecule has 1 aromatic carbocycles. The van der Waals surface area contributed by atoms with Crippen molar-refractivity contribution in [2.75, 3.05) is 27.2 Å². The fourth-order valence-corrected chi connectivity index (χ4v) is 3.74. The molecule has 3 heterocycles. The van der Waals surface area contributed by atoms with Crippen LogP contribution in [0.1, 0.15) is 16.8 Å². The molecule has 4 rings (SSSR count). The zero-order valence-corrected chi connectivity index (χ0v) is 16.1. The summed E-state index contributed by atoms with van der Waals surface area (Å²) in [7, 11) is 4.01. The highest BCUT2D eigenvalue weighted by Crippen LogP contribution is 2.37. The summed E-state index contributed by atoms with van der Waals surface area (Å²) in [5.74, 6) is -0.201. The number of likely N-dealkylation sites (N-methyl/N-ethyl adjacent to an activating group) is 1. The molecule has 0 aliphatic carbocycles. The molecule has 3 aromatic rings. The van der Waals surface area contributed by atoms with Crippen LogP contribution in [0, 0.1) is 10.1 Å². The smallest absolute Gasteiger partial charge is 0.270 e. The van der Waals surface area contributed by atoms with Gasteiger partial charge in [0.2, 0.25) is 0 Å². The van der Waals surface area contributed by atoms with Gasteiger partial charge in [0.15, 0.2) is 5.88 Å². The standard InChI is InChI=1S/C20H21N5O4/c1-23(2)14-7-8-24(11-14)20(27)12-3-5-17(21-10-12)18-15-9-13(25(28)29)4-6-16(15)22-19(18)26/h3-6,9-10,14,22,26H,7-8,11H2,1-2H3. The van der Waals surface area contributed by atoms with Gasteiger partial charge >= 0.3 is 0 Å². The number of aromatic amines is 1. The van der Waals surface area contributed by atoms with Crippen molar-refractivity contribution in [1.29, 1.82) is 0 Å². The first kappa shape index (κ1) is 18.9. The molecule has 9 nitrogen and oxygen atoms in total. The largest absolute Gasteiger partial charge is 0.494 e. The first-order chi connectivity index (χ1) is 13.8. The molecule has 2 N–H and O–H groups in total. The number of nitro groups is 1. The normalized spacial score (nSPS) is 16.7. The van der Waals surface area contributed by atoms with Crippen LogP contribution in [0.3, 0.4) is 0 Å². The van der Waals surface area contributed by atoms with Gasteiger partial charge < -0.3 is 19.9 Å². The van der Waals surface area contributed by atoms with Crippen molar-refractivity contribution in [3.63, 3.8) is 0 Å². The second-order valence-corrected chi connectivity index (χ2v) is 7.42. The summed E-state index contributed by atoms with van der Waals surface area (Å²) in [5, 5.41) is 21.9. The van der Waals surface area contributed by atoms with Gasteiger partial charge in [0, 0.05) is 48.4 Å². The molecule has 1 unspecified atom stereocenters. The molecule has 29 heavy (non-hydrogen) atoms. The minimum absolute atomic E-state index is 0.0750. The zero-order chi connectivity index (χ0) is 20.7. The lowest BCUT2D eigenvalue weighted by Crippen LogP contribution is -2.34. The van der Waals surface area contributed by atoms with Gasteiger partial charge in [0.05, 0.1) is 21.7 Å². The molecule has 0 bridgehead atoms. The number of nitrogens with one attached hydrogen (secondary N) is 1. The lowest BCUT2D eigenvalue weighted by Gasteiger charge is -2.20. The van der Waals surface area contributed by atoms with Gasteiger partial charge in [0.25, 0.3) is 11.6 Å². The van der Waals surface area contributed by atoms with Crippen molar-refractivity contribution in [2.45, 2.75) is 12.5 Å². The van der Waals surface area contributed by atoms with E-state index in [0.717, 1.165) is 6.42 Å². The molecule has 1 aliphatic heterocycles. The number of carbonyl (C=O) groups excluding carboxylic acids is 1. The van der Waals surface area contributed by atoms with Gasteiger partial charge in [-0.25, -0.2) is 0 Å². The number of fused-ring (bicyclic) bond motifs is 1. The van der Waals surface area contributed by atoms with E-state index in [4.69, 9.17) is 0 Å². The number of aromatic nitrogens is 2. The highest BCUT2D eigenvalue weighted by molar-refractivity contribution is 6.00. The van der Waals surface area contributed by atoms with Crippen LogP contribution in [-0.2, 0) is 0 Å². The van der Waals surface area contributed by atoms with E-state index in [9.17, 15) is 20.0 Å². The number of likely N-dealkylation sites (tertiary alicyclic amines) is 1. The second kappa shape index (κ2) is 7.17. The molecule has 1 aliphatic rings. The molecular weight excluding hydrogens is 374 g/mol. The van der Waals surface area contributed by atoms with Gasteiger partial charge in [-0.15, -0.1) is 0 Å². The van der Waals surface area contributed by atoms with E-state index < -0.39 is 4.92 Å². The topological polar surface area (TPSA) is 116 Å². The van der Waals surface area contributed by atoms with E-state index in [1.807, 2.05) is 19.0 Å². The third-order valence-corrected chi connectivity index (χ3v) is 5.42. The van der Waals surface area contributed by atoms with Crippen molar-refractivity contribution in [2.24, 2.45) is 0 Å². The summed E-state index contributed by atoms with van der Waals surface area (Å²) in [6, 6.07) is 7.98. The Morgan fingerprint density at radius 1 is 1.34 bits per heavy atom. The number of hydrogen-bond acceptors (Lipinski definition) is 6. The number of nitrogens with zero attached hydrogens (tertiary/aromatic N) is 4. The van der Waals surface area contributed by atoms with Crippen LogP contribution < -0.4 is 0 Å². The van der Waals surface area contributed by atoms with Crippen LogP contribution in [0.2, 0.25) is 0 Å². The van der Waals surface area contributed by atoms with Crippen LogP contribution in [0.15, 0.2) is 36.5 Å². The Hall–Kier alpha value is -3.46. The minimum Gasteiger partial charge on any atom is -0.494 e. The molecular formula is C20H21N5O4. The van der Waals surface area contributed by atoms with Gasteiger partial charge in [-0.3, -0.25) is 19.9 Å². The predicted molar refractivity (Wildman–Crippen MR) is 108 cm³/mol. The van der Waals surface area contributed by atoms with E-state index in [0.29, 0.717) is 46.9 Å². The fraction of sp³-hybridized carbons (Fsp3) is 0.300. The summed E-state index contributed by atoms with van der Waals surface area (Å²) in [5.41, 5.74) is 1.76. The quantitative estimate of drug-likeness (QED) is 0.518. The number of nitro benzene ring substituents is 1. The van der Waals surface area contributed by atoms with Gasteiger partial charge in [-0.1, -0.05) is 0 Å². The molecule has 150 valence electrons. The van der Waals surface area contributed by atoms with Crippen molar-refractivity contribution < 1.29 is 14.8 Å². The zero-order valence-electron chi connectivity index (χ0n) is 16.1. The van der Waals surface area contributed by atoms with Crippen molar-refractivity contribution in [3.05, 3.63) is 52.2 Å². The molecule has 0 saturated carbocycles. The molecule has 1 amide bonds. The maximum absolute atomic E-state index is 12.7. The number of aromatic hydroxyl groups is 1. The number of rotatable bonds is 4. The average molecular weight is 395 g/mol. The molecule has 1 saturated heterocycles. The number of pyridine rings is 1. The first-order valence-electron chi connectivity index (χ1n) is 9.26. The average Bonchev–Trinajstić information content (AvgIpc) is 3.31. The van der Waals surface area contributed by atoms with Gasteiger partial charge in [-0.2, -0.15) is 0 Å². The van der Waals surface area contributed by atoms with Crippen LogP contribution in [0.4, 0.5) is 5.69 Å². The predicted octanol–water partition coefficient (Wildman–Crippen LogP) is 2.62. The molecule has 0 radical (unpaired) electrons. The number of benzene rings is 1. The maximum Gasteiger partial charge on any atom is 0.270 e. The molecule has 1 atom stereocenters. The van der Waals surface area contributed by atoms with Gasteiger partial charge in [0.1, 0.15) is 0 Å². The van der Waals surface area contributed by atoms with E-state index in [1.54, 1.807) is 18.2 Å². The Balaban J connectivity index is 1.63. The first-order valence-corrected chi connectivity index (χ1v) is 9.26. The highest BCUT2D eigenvalue weighted by atomic mass is 16.6. The Labute approximate surface area is 166 Å². The number of carbonyl (C=O) groups is 1. The minimum atomic E-state index is -0.487. The van der Waals surface area contributed by atoms with Crippen molar-refractivity contribution in [3.8, 4) is 17.1 Å². The maximum atomic E-state index is 12.7. The third-order valence-electron chi connectivity index (χ3n) is 5.42. The Morgan fingerprint density at radius 2 is 2.14 bits per heavy atom. The summed E-state index contributed by atoms with van der Waals surface area (Å²) in [6.07, 6.45) is 2.42. The number of hydrogen-bond donors (Lipinski definition) is 2. The summed E-state index contributed by atoms with van der Waals surface area (Å²) in [6.45, 7) is 1.39. The second-order valence-electron chi connectivity index (χ2n) is 7.42. The molecule has 0 spiro atoms. The SMILES string of the molecule is CN(C)C1CCN(C(=O)c2ccc(-c3c(O)[nH]c4ccc([N+](=O)[O-])cc34)nc2)C1.